The Morgan fingerprint density at radius 1 is 0.895 bits per heavy atom. The number of nitro benzene ring substituents is 1. The maximum Gasteiger partial charge on any atom is 0.363 e. The third kappa shape index (κ3) is 6.78. The number of phenolic OH excluding ortho intramolecular Hbond substituents is 1. The summed E-state index contributed by atoms with van der Waals surface area (Å²) in [5.74, 6) is -1.16. The number of phenols is 1. The fraction of sp³-hybridized carbons (Fsp3) is 0.286. The predicted molar refractivity (Wildman–Crippen MR) is 143 cm³/mol. The van der Waals surface area contributed by atoms with Crippen LogP contribution in [0.15, 0.2) is 70.9 Å². The van der Waals surface area contributed by atoms with Gasteiger partial charge in [0, 0.05) is 28.8 Å². The van der Waals surface area contributed by atoms with Gasteiger partial charge in [0.05, 0.1) is 21.9 Å². The van der Waals surface area contributed by atoms with E-state index >= 15 is 0 Å². The first-order chi connectivity index (χ1) is 17.7. The highest BCUT2D eigenvalue weighted by molar-refractivity contribution is 5.95. The van der Waals surface area contributed by atoms with Gasteiger partial charge >= 0.3 is 5.97 Å². The summed E-state index contributed by atoms with van der Waals surface area (Å²) < 4.78 is 0. The molecule has 3 aromatic carbocycles. The summed E-state index contributed by atoms with van der Waals surface area (Å²) in [5, 5.41) is 29.6. The molecule has 0 saturated heterocycles. The van der Waals surface area contributed by atoms with E-state index in [9.17, 15) is 24.8 Å². The van der Waals surface area contributed by atoms with Gasteiger partial charge in [-0.15, -0.1) is 10.2 Å². The lowest BCUT2D eigenvalue weighted by atomic mass is 9.78. The third-order valence-electron chi connectivity index (χ3n) is 5.65. The minimum absolute atomic E-state index is 0.0223. The van der Waals surface area contributed by atoms with Crippen LogP contribution in [-0.2, 0) is 15.7 Å². The molecule has 0 aromatic heterocycles. The van der Waals surface area contributed by atoms with Gasteiger partial charge in [0.15, 0.2) is 0 Å². The number of amides is 1. The van der Waals surface area contributed by atoms with Gasteiger partial charge < -0.3 is 9.94 Å². The molecule has 0 spiro atoms. The largest absolute Gasteiger partial charge is 0.507 e. The van der Waals surface area contributed by atoms with Crippen molar-refractivity contribution in [2.75, 3.05) is 5.48 Å². The van der Waals surface area contributed by atoms with Crippen molar-refractivity contribution >= 4 is 28.9 Å². The minimum atomic E-state index is -0.791. The van der Waals surface area contributed by atoms with Crippen molar-refractivity contribution in [1.82, 2.24) is 0 Å². The number of rotatable bonds is 6. The first-order valence-corrected chi connectivity index (χ1v) is 11.8. The Bertz CT molecular complexity index is 1370. The first-order valence-electron chi connectivity index (χ1n) is 11.8. The molecule has 2 N–H and O–H groups in total. The highest BCUT2D eigenvalue weighted by atomic mass is 16.7. The molecular formula is C28H30N4O6. The summed E-state index contributed by atoms with van der Waals surface area (Å²) in [6.45, 7) is 11.8. The van der Waals surface area contributed by atoms with E-state index in [0.29, 0.717) is 28.1 Å². The number of benzene rings is 3. The molecule has 0 aliphatic heterocycles. The zero-order valence-electron chi connectivity index (χ0n) is 22.1. The van der Waals surface area contributed by atoms with Crippen LogP contribution in [-0.4, -0.2) is 21.9 Å². The van der Waals surface area contributed by atoms with Gasteiger partial charge in [-0.1, -0.05) is 47.6 Å². The molecule has 3 aromatic rings. The van der Waals surface area contributed by atoms with Crippen LogP contribution in [0.5, 0.6) is 5.75 Å². The van der Waals surface area contributed by atoms with E-state index in [-0.39, 0.29) is 27.8 Å². The van der Waals surface area contributed by atoms with Crippen molar-refractivity contribution in [2.24, 2.45) is 10.2 Å². The fourth-order valence-electron chi connectivity index (χ4n) is 3.57. The van der Waals surface area contributed by atoms with Gasteiger partial charge in [0.25, 0.3) is 11.6 Å². The number of nitro groups is 1. The number of nitrogens with zero attached hydrogens (tertiary/aromatic N) is 3. The van der Waals surface area contributed by atoms with Crippen LogP contribution in [0.1, 0.15) is 73.4 Å². The number of non-ortho nitro benzene ring substituents is 1. The smallest absolute Gasteiger partial charge is 0.363 e. The SMILES string of the molecule is CC(C)(C)c1cc(C(=O)N=Nc2ccc(NOC(=O)c3cccc([N+](=O)[O-])c3)cc2)cc(C(C)(C)C)c1O. The van der Waals surface area contributed by atoms with Gasteiger partial charge in [-0.05, 0) is 53.3 Å². The van der Waals surface area contributed by atoms with E-state index in [4.69, 9.17) is 4.84 Å². The summed E-state index contributed by atoms with van der Waals surface area (Å²) >= 11 is 0. The van der Waals surface area contributed by atoms with E-state index in [1.807, 2.05) is 41.5 Å². The molecule has 3 rings (SSSR count). The number of nitrogens with one attached hydrogen (secondary N) is 1. The standard InChI is InChI=1S/C28H30N4O6/c1-27(2,3)22-15-18(16-23(24(22)33)28(4,5)6)25(34)30-29-19-10-12-20(13-11-19)31-38-26(35)17-8-7-9-21(14-17)32(36)37/h7-16,31,33H,1-6H3. The highest BCUT2D eigenvalue weighted by Crippen LogP contribution is 2.40. The zero-order chi connectivity index (χ0) is 28.3. The molecule has 1 amide bonds. The highest BCUT2D eigenvalue weighted by Gasteiger charge is 2.27. The second-order valence-electron chi connectivity index (χ2n) is 10.8. The quantitative estimate of drug-likeness (QED) is 0.203. The monoisotopic (exact) mass is 518 g/mol. The fourth-order valence-corrected chi connectivity index (χ4v) is 3.57. The average molecular weight is 519 g/mol. The molecule has 0 unspecified atom stereocenters. The summed E-state index contributed by atoms with van der Waals surface area (Å²) in [4.78, 5) is 40.3. The van der Waals surface area contributed by atoms with Crippen molar-refractivity contribution < 1.29 is 24.5 Å². The zero-order valence-corrected chi connectivity index (χ0v) is 22.1. The molecule has 38 heavy (non-hydrogen) atoms. The Morgan fingerprint density at radius 2 is 1.47 bits per heavy atom. The van der Waals surface area contributed by atoms with Gasteiger partial charge in [-0.3, -0.25) is 14.9 Å². The van der Waals surface area contributed by atoms with E-state index in [0.717, 1.165) is 6.07 Å². The lowest BCUT2D eigenvalue weighted by molar-refractivity contribution is -0.384. The number of hydrogen-bond donors (Lipinski definition) is 2. The predicted octanol–water partition coefficient (Wildman–Crippen LogP) is 7.00. The molecule has 0 bridgehead atoms. The lowest BCUT2D eigenvalue weighted by Crippen LogP contribution is -2.18. The van der Waals surface area contributed by atoms with Gasteiger partial charge in [-0.2, -0.15) is 0 Å². The Kier molecular flexibility index (Phi) is 7.95. The second-order valence-corrected chi connectivity index (χ2v) is 10.8. The van der Waals surface area contributed by atoms with Crippen molar-refractivity contribution in [2.45, 2.75) is 52.4 Å². The molecular weight excluding hydrogens is 488 g/mol. The molecule has 0 radical (unpaired) electrons. The van der Waals surface area contributed by atoms with Gasteiger partial charge in [0.2, 0.25) is 0 Å². The Labute approximate surface area is 220 Å². The van der Waals surface area contributed by atoms with E-state index in [1.54, 1.807) is 36.4 Å². The van der Waals surface area contributed by atoms with Crippen LogP contribution in [0.4, 0.5) is 17.1 Å². The molecule has 0 aliphatic rings. The molecule has 10 nitrogen and oxygen atoms in total. The summed E-state index contributed by atoms with van der Waals surface area (Å²) in [7, 11) is 0. The number of hydrogen-bond acceptors (Lipinski definition) is 8. The van der Waals surface area contributed by atoms with Crippen molar-refractivity contribution in [3.05, 3.63) is 93.0 Å². The van der Waals surface area contributed by atoms with Gasteiger partial charge in [-0.25, -0.2) is 10.3 Å². The number of carbonyl (C=O) groups excluding carboxylic acids is 2. The van der Waals surface area contributed by atoms with Crippen LogP contribution >= 0.6 is 0 Å². The molecule has 0 atom stereocenters. The number of carbonyl (C=O) groups is 2. The number of azo groups is 1. The maximum atomic E-state index is 12.9. The number of anilines is 1. The first kappa shape index (κ1) is 28.0. The van der Waals surface area contributed by atoms with Crippen LogP contribution in [0.25, 0.3) is 0 Å². The Morgan fingerprint density at radius 3 is 2.00 bits per heavy atom. The van der Waals surface area contributed by atoms with E-state index in [1.165, 1.54) is 18.2 Å². The lowest BCUT2D eigenvalue weighted by Gasteiger charge is -2.27. The third-order valence-corrected chi connectivity index (χ3v) is 5.65. The topological polar surface area (TPSA) is 143 Å². The number of aromatic hydroxyl groups is 1. The normalized spacial score (nSPS) is 11.8. The summed E-state index contributed by atoms with van der Waals surface area (Å²) in [6, 6.07) is 14.7. The maximum absolute atomic E-state index is 12.9. The second kappa shape index (κ2) is 10.8. The molecule has 0 saturated carbocycles. The van der Waals surface area contributed by atoms with Crippen LogP contribution in [0.3, 0.4) is 0 Å². The van der Waals surface area contributed by atoms with Crippen LogP contribution in [0.2, 0.25) is 0 Å². The Balaban J connectivity index is 1.71. The van der Waals surface area contributed by atoms with E-state index in [2.05, 4.69) is 15.7 Å². The average Bonchev–Trinajstić information content (AvgIpc) is 2.85. The molecule has 198 valence electrons. The van der Waals surface area contributed by atoms with E-state index < -0.39 is 16.8 Å². The van der Waals surface area contributed by atoms with Crippen LogP contribution < -0.4 is 5.48 Å². The summed E-state index contributed by atoms with van der Waals surface area (Å²) in [6.07, 6.45) is 0. The summed E-state index contributed by atoms with van der Waals surface area (Å²) in [5.41, 5.74) is 3.93. The molecule has 0 heterocycles. The van der Waals surface area contributed by atoms with Crippen molar-refractivity contribution in [3.8, 4) is 5.75 Å². The molecule has 0 fully saturated rings. The minimum Gasteiger partial charge on any atom is -0.507 e. The van der Waals surface area contributed by atoms with Crippen molar-refractivity contribution in [3.63, 3.8) is 0 Å². The van der Waals surface area contributed by atoms with Crippen LogP contribution in [0, 0.1) is 10.1 Å². The Hall–Kier alpha value is -4.60. The molecule has 0 aliphatic carbocycles. The molecule has 10 heteroatoms. The van der Waals surface area contributed by atoms with Gasteiger partial charge in [0.1, 0.15) is 5.75 Å². The van der Waals surface area contributed by atoms with Crippen molar-refractivity contribution in [1.29, 1.82) is 0 Å².